The molecule has 3 heterocycles. The van der Waals surface area contributed by atoms with Crippen LogP contribution in [-0.4, -0.2) is 72.1 Å². The molecule has 2 aliphatic heterocycles. The smallest absolute Gasteiger partial charge is 0.245 e. The molecule has 3 aliphatic rings. The van der Waals surface area contributed by atoms with Crippen molar-refractivity contribution in [1.29, 1.82) is 0 Å². The van der Waals surface area contributed by atoms with E-state index in [9.17, 15) is 9.59 Å². The van der Waals surface area contributed by atoms with E-state index in [-0.39, 0.29) is 29.8 Å². The average molecular weight is 501 g/mol. The minimum Gasteiger partial charge on any atom is -0.366 e. The van der Waals surface area contributed by atoms with E-state index in [0.717, 1.165) is 42.8 Å². The van der Waals surface area contributed by atoms with Gasteiger partial charge in [-0.25, -0.2) is 9.37 Å². The second-order valence-corrected chi connectivity index (χ2v) is 12.1. The number of anilines is 2. The highest BCUT2D eigenvalue weighted by atomic mass is 19.1. The van der Waals surface area contributed by atoms with Crippen LogP contribution in [0, 0.1) is 16.7 Å². The van der Waals surface area contributed by atoms with Gasteiger partial charge in [0.1, 0.15) is 12.0 Å². The second kappa shape index (κ2) is 9.98. The summed E-state index contributed by atoms with van der Waals surface area (Å²) in [6, 6.07) is -0.0595. The Morgan fingerprint density at radius 2 is 1.97 bits per heavy atom. The maximum Gasteiger partial charge on any atom is 0.245 e. The first kappa shape index (κ1) is 26.4. The third-order valence-corrected chi connectivity index (χ3v) is 7.92. The number of halogens is 1. The molecule has 36 heavy (non-hydrogen) atoms. The minimum atomic E-state index is -1.05. The summed E-state index contributed by atoms with van der Waals surface area (Å²) in [5, 5.41) is 6.32. The van der Waals surface area contributed by atoms with Crippen molar-refractivity contribution in [3.63, 3.8) is 0 Å². The number of alkyl halides is 1. The fourth-order valence-corrected chi connectivity index (χ4v) is 5.85. The van der Waals surface area contributed by atoms with Crippen LogP contribution < -0.4 is 15.5 Å². The summed E-state index contributed by atoms with van der Waals surface area (Å²) in [4.78, 5) is 37.6. The Bertz CT molecular complexity index is 1020. The number of rotatable bonds is 8. The van der Waals surface area contributed by atoms with Gasteiger partial charge in [0.25, 0.3) is 0 Å². The summed E-state index contributed by atoms with van der Waals surface area (Å²) in [6.45, 7) is 13.8. The van der Waals surface area contributed by atoms with Gasteiger partial charge in [-0.1, -0.05) is 34.3 Å². The Hall–Kier alpha value is -2.71. The molecule has 1 aliphatic carbocycles. The van der Waals surface area contributed by atoms with Gasteiger partial charge in [-0.05, 0) is 43.1 Å². The zero-order valence-electron chi connectivity index (χ0n) is 22.4. The summed E-state index contributed by atoms with van der Waals surface area (Å²) < 4.78 is 15.3. The molecule has 9 heteroatoms. The van der Waals surface area contributed by atoms with Crippen LogP contribution >= 0.6 is 0 Å². The van der Waals surface area contributed by atoms with Crippen molar-refractivity contribution < 1.29 is 14.0 Å². The lowest BCUT2D eigenvalue weighted by molar-refractivity contribution is -0.139. The molecule has 1 unspecified atom stereocenters. The van der Waals surface area contributed by atoms with Crippen LogP contribution in [0.15, 0.2) is 12.7 Å². The molecule has 1 aromatic rings. The van der Waals surface area contributed by atoms with Gasteiger partial charge in [-0.3, -0.25) is 9.59 Å². The first-order chi connectivity index (χ1) is 16.9. The van der Waals surface area contributed by atoms with E-state index in [0.29, 0.717) is 37.9 Å². The molecule has 198 valence electrons. The largest absolute Gasteiger partial charge is 0.366 e. The first-order valence-electron chi connectivity index (χ1n) is 13.1. The van der Waals surface area contributed by atoms with E-state index in [4.69, 9.17) is 9.97 Å². The number of carbonyl (C=O) groups excluding carboxylic acids is 2. The van der Waals surface area contributed by atoms with Gasteiger partial charge < -0.3 is 20.4 Å². The number of hydrogen-bond donors (Lipinski definition) is 2. The SMILES string of the molecule is C=CC(=O)N1CC2(C1)CN(c1nc3c(c(N[C@H](CC(=O)NC)CC(C)C)n1)CCC(C)(C)C3)CC2F. The maximum atomic E-state index is 15.3. The average Bonchev–Trinajstić information content (AvgIpc) is 3.13. The van der Waals surface area contributed by atoms with Crippen molar-refractivity contribution in [3.8, 4) is 0 Å². The molecule has 4 rings (SSSR count). The van der Waals surface area contributed by atoms with E-state index in [1.807, 2.05) is 4.90 Å². The van der Waals surface area contributed by atoms with E-state index < -0.39 is 11.6 Å². The highest BCUT2D eigenvalue weighted by Gasteiger charge is 2.56. The molecule has 2 saturated heterocycles. The van der Waals surface area contributed by atoms with E-state index in [1.165, 1.54) is 6.08 Å². The molecule has 2 N–H and O–H groups in total. The Morgan fingerprint density at radius 1 is 1.25 bits per heavy atom. The lowest BCUT2D eigenvalue weighted by Gasteiger charge is -2.48. The van der Waals surface area contributed by atoms with Crippen LogP contribution in [0.4, 0.5) is 16.2 Å². The van der Waals surface area contributed by atoms with E-state index >= 15 is 4.39 Å². The number of carbonyl (C=O) groups is 2. The Morgan fingerprint density at radius 3 is 2.61 bits per heavy atom. The third-order valence-electron chi connectivity index (χ3n) is 7.92. The molecule has 0 radical (unpaired) electrons. The molecule has 0 bridgehead atoms. The molecular formula is C27H41FN6O2. The molecular weight excluding hydrogens is 459 g/mol. The van der Waals surface area contributed by atoms with Crippen molar-refractivity contribution in [2.75, 3.05) is 43.4 Å². The molecule has 1 aromatic heterocycles. The number of likely N-dealkylation sites (tertiary alicyclic amines) is 1. The number of fused-ring (bicyclic) bond motifs is 1. The van der Waals surface area contributed by atoms with Crippen LogP contribution in [0.2, 0.25) is 0 Å². The summed E-state index contributed by atoms with van der Waals surface area (Å²) in [5.41, 5.74) is 1.67. The van der Waals surface area contributed by atoms with E-state index in [2.05, 4.69) is 44.9 Å². The molecule has 0 saturated carbocycles. The van der Waals surface area contributed by atoms with Crippen molar-refractivity contribution in [2.45, 2.75) is 72.0 Å². The van der Waals surface area contributed by atoms with Gasteiger partial charge in [-0.2, -0.15) is 4.98 Å². The standard InChI is InChI=1S/C27H41FN6O2/c1-7-23(36)34-15-27(16-34)14-33(13-21(27)28)25-31-20-12-26(4,5)9-8-19(20)24(32-25)30-18(10-17(2)3)11-22(35)29-6/h7,17-18,21H,1,8-16H2,2-6H3,(H,29,35)(H,30,31,32)/t18-,21?/m0/s1. The number of nitrogens with zero attached hydrogens (tertiary/aromatic N) is 4. The molecule has 1 spiro atoms. The number of nitrogens with one attached hydrogen (secondary N) is 2. The summed E-state index contributed by atoms with van der Waals surface area (Å²) in [7, 11) is 1.66. The van der Waals surface area contributed by atoms with E-state index in [1.54, 1.807) is 11.9 Å². The summed E-state index contributed by atoms with van der Waals surface area (Å²) in [5.74, 6) is 1.55. The fraction of sp³-hybridized carbons (Fsp3) is 0.704. The predicted molar refractivity (Wildman–Crippen MR) is 140 cm³/mol. The molecule has 2 atom stereocenters. The van der Waals surface area contributed by atoms with Crippen LogP contribution in [-0.2, 0) is 22.4 Å². The van der Waals surface area contributed by atoms with Gasteiger partial charge in [0.2, 0.25) is 17.8 Å². The number of aromatic nitrogens is 2. The van der Waals surface area contributed by atoms with Crippen LogP contribution in [0.3, 0.4) is 0 Å². The first-order valence-corrected chi connectivity index (χ1v) is 13.1. The van der Waals surface area contributed by atoms with Gasteiger partial charge in [0, 0.05) is 44.7 Å². The maximum absolute atomic E-state index is 15.3. The van der Waals surface area contributed by atoms with Gasteiger partial charge in [0.05, 0.1) is 17.7 Å². The quantitative estimate of drug-likeness (QED) is 0.533. The normalized spacial score (nSPS) is 22.7. The zero-order chi connectivity index (χ0) is 26.3. The fourth-order valence-electron chi connectivity index (χ4n) is 5.85. The summed E-state index contributed by atoms with van der Waals surface area (Å²) >= 11 is 0. The topological polar surface area (TPSA) is 90.5 Å². The lowest BCUT2D eigenvalue weighted by Crippen LogP contribution is -2.62. The summed E-state index contributed by atoms with van der Waals surface area (Å²) in [6.07, 6.45) is 4.16. The molecule has 8 nitrogen and oxygen atoms in total. The van der Waals surface area contributed by atoms with Crippen molar-refractivity contribution in [1.82, 2.24) is 20.2 Å². The minimum absolute atomic E-state index is 0.0113. The Labute approximate surface area is 214 Å². The van der Waals surface area contributed by atoms with Crippen LogP contribution in [0.5, 0.6) is 0 Å². The number of hydrogen-bond acceptors (Lipinski definition) is 6. The molecule has 2 amide bonds. The van der Waals surface area contributed by atoms with Crippen molar-refractivity contribution in [2.24, 2.45) is 16.7 Å². The lowest BCUT2D eigenvalue weighted by atomic mass is 9.76. The van der Waals surface area contributed by atoms with Gasteiger partial charge in [-0.15, -0.1) is 0 Å². The van der Waals surface area contributed by atoms with Crippen molar-refractivity contribution in [3.05, 3.63) is 23.9 Å². The predicted octanol–water partition coefficient (Wildman–Crippen LogP) is 3.13. The zero-order valence-corrected chi connectivity index (χ0v) is 22.4. The number of amides is 2. The Balaban J connectivity index is 1.62. The molecule has 2 fully saturated rings. The second-order valence-electron chi connectivity index (χ2n) is 12.1. The highest BCUT2D eigenvalue weighted by molar-refractivity contribution is 5.87. The van der Waals surface area contributed by atoms with Crippen LogP contribution in [0.25, 0.3) is 0 Å². The highest BCUT2D eigenvalue weighted by Crippen LogP contribution is 2.44. The van der Waals surface area contributed by atoms with Gasteiger partial charge >= 0.3 is 0 Å². The van der Waals surface area contributed by atoms with Crippen molar-refractivity contribution >= 4 is 23.6 Å². The monoisotopic (exact) mass is 500 g/mol. The molecule has 0 aromatic carbocycles. The Kier molecular flexibility index (Phi) is 7.30. The van der Waals surface area contributed by atoms with Gasteiger partial charge in [0.15, 0.2) is 0 Å². The third kappa shape index (κ3) is 5.34. The van der Waals surface area contributed by atoms with Crippen LogP contribution in [0.1, 0.15) is 58.2 Å².